The van der Waals surface area contributed by atoms with E-state index in [0.29, 0.717) is 5.56 Å². The van der Waals surface area contributed by atoms with Crippen molar-refractivity contribution in [2.45, 2.75) is 12.3 Å². The van der Waals surface area contributed by atoms with E-state index in [1.54, 1.807) is 0 Å². The van der Waals surface area contributed by atoms with Gasteiger partial charge in [-0.3, -0.25) is 0 Å². The lowest BCUT2D eigenvalue weighted by Crippen LogP contribution is -2.10. The second-order valence-electron chi connectivity index (χ2n) is 4.41. The van der Waals surface area contributed by atoms with Crippen molar-refractivity contribution in [3.8, 4) is 11.1 Å². The van der Waals surface area contributed by atoms with E-state index in [0.717, 1.165) is 6.07 Å². The third-order valence-electron chi connectivity index (χ3n) is 3.00. The van der Waals surface area contributed by atoms with Crippen molar-refractivity contribution in [3.05, 3.63) is 59.7 Å². The third-order valence-corrected chi connectivity index (χ3v) is 3.00. The summed E-state index contributed by atoms with van der Waals surface area (Å²) in [6, 6.07) is 10.4. The van der Waals surface area contributed by atoms with Gasteiger partial charge >= 0.3 is 12.1 Å². The molecular formula is C15H11F3O3. The zero-order valence-corrected chi connectivity index (χ0v) is 10.6. The summed E-state index contributed by atoms with van der Waals surface area (Å²) in [6.07, 6.45) is -6.17. The highest BCUT2D eigenvalue weighted by atomic mass is 19.4. The Labute approximate surface area is 118 Å². The van der Waals surface area contributed by atoms with Crippen molar-refractivity contribution in [1.29, 1.82) is 0 Å². The number of aliphatic hydroxyl groups is 1. The van der Waals surface area contributed by atoms with Crippen LogP contribution in [-0.2, 0) is 11.0 Å². The molecule has 0 saturated heterocycles. The number of aliphatic carboxylic acids is 1. The van der Waals surface area contributed by atoms with E-state index in [1.807, 2.05) is 0 Å². The Morgan fingerprint density at radius 3 is 2.10 bits per heavy atom. The Hall–Kier alpha value is -2.34. The average Bonchev–Trinajstić information content (AvgIpc) is 2.45. The topological polar surface area (TPSA) is 57.5 Å². The van der Waals surface area contributed by atoms with Gasteiger partial charge in [0.05, 0.1) is 5.56 Å². The predicted octanol–water partition coefficient (Wildman–Crippen LogP) is 3.49. The van der Waals surface area contributed by atoms with Gasteiger partial charge in [-0.15, -0.1) is 0 Å². The minimum Gasteiger partial charge on any atom is -0.479 e. The van der Waals surface area contributed by atoms with E-state index in [9.17, 15) is 23.1 Å². The van der Waals surface area contributed by atoms with Crippen LogP contribution in [0.15, 0.2) is 48.5 Å². The van der Waals surface area contributed by atoms with E-state index in [2.05, 4.69) is 0 Å². The standard InChI is InChI=1S/C15H11F3O3/c16-15(17,18)12-4-2-1-3-11(12)9-5-7-10(8-6-9)13(19)14(20)21/h1-8,13,19H,(H,20,21). The van der Waals surface area contributed by atoms with E-state index in [4.69, 9.17) is 5.11 Å². The number of aliphatic hydroxyl groups excluding tert-OH is 1. The maximum absolute atomic E-state index is 12.9. The maximum atomic E-state index is 12.9. The molecule has 0 fully saturated rings. The van der Waals surface area contributed by atoms with E-state index >= 15 is 0 Å². The molecule has 0 heterocycles. The number of alkyl halides is 3. The average molecular weight is 296 g/mol. The molecule has 0 aromatic heterocycles. The Morgan fingerprint density at radius 2 is 1.57 bits per heavy atom. The molecule has 110 valence electrons. The molecule has 1 unspecified atom stereocenters. The van der Waals surface area contributed by atoms with Crippen LogP contribution in [0.3, 0.4) is 0 Å². The van der Waals surface area contributed by atoms with Gasteiger partial charge in [-0.1, -0.05) is 42.5 Å². The van der Waals surface area contributed by atoms with Gasteiger partial charge in [-0.2, -0.15) is 13.2 Å². The highest BCUT2D eigenvalue weighted by Crippen LogP contribution is 2.37. The van der Waals surface area contributed by atoms with Gasteiger partial charge < -0.3 is 10.2 Å². The van der Waals surface area contributed by atoms with Gasteiger partial charge in [0.15, 0.2) is 6.10 Å². The molecular weight excluding hydrogens is 285 g/mol. The fourth-order valence-electron chi connectivity index (χ4n) is 1.97. The summed E-state index contributed by atoms with van der Waals surface area (Å²) in [4.78, 5) is 10.6. The lowest BCUT2D eigenvalue weighted by molar-refractivity contribution is -0.147. The first-order valence-electron chi connectivity index (χ1n) is 5.98. The largest absolute Gasteiger partial charge is 0.479 e. The first-order chi connectivity index (χ1) is 9.80. The normalized spacial score (nSPS) is 13.0. The first-order valence-corrected chi connectivity index (χ1v) is 5.98. The van der Waals surface area contributed by atoms with Crippen LogP contribution < -0.4 is 0 Å². The second kappa shape index (κ2) is 5.57. The number of carboxylic acids is 1. The Balaban J connectivity index is 2.43. The number of benzene rings is 2. The molecule has 0 bridgehead atoms. The number of carboxylic acid groups (broad SMARTS) is 1. The molecule has 0 aliphatic heterocycles. The molecule has 0 saturated carbocycles. The zero-order chi connectivity index (χ0) is 15.6. The van der Waals surface area contributed by atoms with Crippen LogP contribution in [0.2, 0.25) is 0 Å². The molecule has 0 aliphatic rings. The fraction of sp³-hybridized carbons (Fsp3) is 0.133. The smallest absolute Gasteiger partial charge is 0.417 e. The first kappa shape index (κ1) is 15.1. The summed E-state index contributed by atoms with van der Waals surface area (Å²) in [6.45, 7) is 0. The minimum absolute atomic E-state index is 0.00126. The second-order valence-corrected chi connectivity index (χ2v) is 4.41. The van der Waals surface area contributed by atoms with Crippen LogP contribution in [0.5, 0.6) is 0 Å². The molecule has 2 aromatic rings. The van der Waals surface area contributed by atoms with Gasteiger partial charge in [0.1, 0.15) is 0 Å². The molecule has 21 heavy (non-hydrogen) atoms. The number of rotatable bonds is 3. The van der Waals surface area contributed by atoms with Gasteiger partial charge in [0.2, 0.25) is 0 Å². The maximum Gasteiger partial charge on any atom is 0.417 e. The van der Waals surface area contributed by atoms with Crippen molar-refractivity contribution in [1.82, 2.24) is 0 Å². The lowest BCUT2D eigenvalue weighted by atomic mass is 9.97. The SMILES string of the molecule is O=C(O)C(O)c1ccc(-c2ccccc2C(F)(F)F)cc1. The number of hydrogen-bond donors (Lipinski definition) is 2. The predicted molar refractivity (Wildman–Crippen MR) is 69.5 cm³/mol. The van der Waals surface area contributed by atoms with Crippen LogP contribution in [0.25, 0.3) is 11.1 Å². The van der Waals surface area contributed by atoms with Crippen molar-refractivity contribution in [3.63, 3.8) is 0 Å². The number of hydrogen-bond acceptors (Lipinski definition) is 2. The summed E-state index contributed by atoms with van der Waals surface area (Å²) >= 11 is 0. The van der Waals surface area contributed by atoms with E-state index in [-0.39, 0.29) is 11.1 Å². The molecule has 2 rings (SSSR count). The molecule has 0 spiro atoms. The minimum atomic E-state index is -4.48. The van der Waals surface area contributed by atoms with Crippen LogP contribution in [-0.4, -0.2) is 16.2 Å². The number of halogens is 3. The van der Waals surface area contributed by atoms with Crippen LogP contribution in [0, 0.1) is 0 Å². The zero-order valence-electron chi connectivity index (χ0n) is 10.6. The summed E-state index contributed by atoms with van der Waals surface area (Å²) in [5.41, 5.74) is -0.363. The van der Waals surface area contributed by atoms with Crippen molar-refractivity contribution >= 4 is 5.97 Å². The van der Waals surface area contributed by atoms with Crippen molar-refractivity contribution in [2.24, 2.45) is 0 Å². The summed E-state index contributed by atoms with van der Waals surface area (Å²) < 4.78 is 38.8. The summed E-state index contributed by atoms with van der Waals surface area (Å²) in [5, 5.41) is 18.0. The van der Waals surface area contributed by atoms with E-state index < -0.39 is 23.8 Å². The Kier molecular flexibility index (Phi) is 3.99. The highest BCUT2D eigenvalue weighted by Gasteiger charge is 2.33. The van der Waals surface area contributed by atoms with Gasteiger partial charge in [-0.05, 0) is 22.8 Å². The summed E-state index contributed by atoms with van der Waals surface area (Å²) in [5.74, 6) is -1.42. The lowest BCUT2D eigenvalue weighted by Gasteiger charge is -2.13. The van der Waals surface area contributed by atoms with Crippen LogP contribution in [0.4, 0.5) is 13.2 Å². The highest BCUT2D eigenvalue weighted by molar-refractivity contribution is 5.75. The molecule has 0 amide bonds. The monoisotopic (exact) mass is 296 g/mol. The van der Waals surface area contributed by atoms with Crippen LogP contribution >= 0.6 is 0 Å². The van der Waals surface area contributed by atoms with Crippen molar-refractivity contribution < 1.29 is 28.2 Å². The molecule has 2 N–H and O–H groups in total. The quantitative estimate of drug-likeness (QED) is 0.911. The van der Waals surface area contributed by atoms with E-state index in [1.165, 1.54) is 42.5 Å². The summed E-state index contributed by atoms with van der Waals surface area (Å²) in [7, 11) is 0. The Bertz CT molecular complexity index is 648. The van der Waals surface area contributed by atoms with Crippen LogP contribution in [0.1, 0.15) is 17.2 Å². The molecule has 3 nitrogen and oxygen atoms in total. The van der Waals surface area contributed by atoms with Gasteiger partial charge in [0.25, 0.3) is 0 Å². The molecule has 0 radical (unpaired) electrons. The van der Waals surface area contributed by atoms with Gasteiger partial charge in [0, 0.05) is 0 Å². The Morgan fingerprint density at radius 1 is 1.00 bits per heavy atom. The fourth-order valence-corrected chi connectivity index (χ4v) is 1.97. The number of carbonyl (C=O) groups is 1. The van der Waals surface area contributed by atoms with Crippen molar-refractivity contribution in [2.75, 3.05) is 0 Å². The third kappa shape index (κ3) is 3.22. The molecule has 6 heteroatoms. The molecule has 1 atom stereocenters. The van der Waals surface area contributed by atoms with Gasteiger partial charge in [-0.25, -0.2) is 4.79 Å². The molecule has 2 aromatic carbocycles. The molecule has 0 aliphatic carbocycles.